The summed E-state index contributed by atoms with van der Waals surface area (Å²) in [6.07, 6.45) is 0. The number of amides is 1. The zero-order valence-electron chi connectivity index (χ0n) is 11.9. The zero-order valence-corrected chi connectivity index (χ0v) is 11.9. The van der Waals surface area contributed by atoms with Crippen molar-refractivity contribution in [3.05, 3.63) is 63.6 Å². The first-order valence-electron chi connectivity index (χ1n) is 6.77. The number of H-pyrrole nitrogens is 1. The third-order valence-electron chi connectivity index (χ3n) is 3.27. The van der Waals surface area contributed by atoms with Crippen molar-refractivity contribution in [1.82, 2.24) is 15.1 Å². The Morgan fingerprint density at radius 1 is 1.24 bits per heavy atom. The average Bonchev–Trinajstić information content (AvgIpc) is 2.53. The van der Waals surface area contributed by atoms with Gasteiger partial charge in [-0.25, -0.2) is 5.10 Å². The number of hydrogen-bond acceptors (Lipinski definition) is 4. The fraction of sp³-hybridized carbons (Fsp3) is 0.267. The van der Waals surface area contributed by atoms with Crippen LogP contribution in [0.2, 0.25) is 0 Å². The Bertz CT molecular complexity index is 661. The van der Waals surface area contributed by atoms with E-state index in [0.29, 0.717) is 19.6 Å². The lowest BCUT2D eigenvalue weighted by molar-refractivity contribution is 0.0745. The van der Waals surface area contributed by atoms with Crippen LogP contribution < -0.4 is 11.3 Å². The highest BCUT2D eigenvalue weighted by atomic mass is 16.2. The molecule has 2 rings (SSSR count). The van der Waals surface area contributed by atoms with E-state index in [9.17, 15) is 9.59 Å². The molecule has 0 atom stereocenters. The zero-order chi connectivity index (χ0) is 15.2. The summed E-state index contributed by atoms with van der Waals surface area (Å²) >= 11 is 0. The Balaban J connectivity index is 2.21. The molecule has 21 heavy (non-hydrogen) atoms. The topological polar surface area (TPSA) is 92.1 Å². The summed E-state index contributed by atoms with van der Waals surface area (Å²) in [5, 5.41) is 6.05. The van der Waals surface area contributed by atoms with E-state index in [1.54, 1.807) is 4.90 Å². The summed E-state index contributed by atoms with van der Waals surface area (Å²) in [4.78, 5) is 25.1. The quantitative estimate of drug-likeness (QED) is 0.854. The molecule has 0 aliphatic carbocycles. The fourth-order valence-electron chi connectivity index (χ4n) is 2.07. The normalized spacial score (nSPS) is 10.4. The summed E-state index contributed by atoms with van der Waals surface area (Å²) in [6, 6.07) is 10.5. The van der Waals surface area contributed by atoms with Gasteiger partial charge in [0.1, 0.15) is 5.69 Å². The van der Waals surface area contributed by atoms with E-state index in [0.717, 1.165) is 11.1 Å². The molecule has 1 aromatic carbocycles. The molecule has 110 valence electrons. The Hall–Kier alpha value is -2.47. The Labute approximate surface area is 122 Å². The highest BCUT2D eigenvalue weighted by molar-refractivity contribution is 5.92. The second-order valence-electron chi connectivity index (χ2n) is 4.60. The predicted octanol–water partition coefficient (Wildman–Crippen LogP) is 0.891. The van der Waals surface area contributed by atoms with Gasteiger partial charge in [-0.3, -0.25) is 9.59 Å². The Kier molecular flexibility index (Phi) is 4.84. The molecule has 6 heteroatoms. The molecule has 1 aromatic heterocycles. The average molecular weight is 286 g/mol. The lowest BCUT2D eigenvalue weighted by Crippen LogP contribution is -2.32. The van der Waals surface area contributed by atoms with Crippen LogP contribution in [0.5, 0.6) is 0 Å². The molecule has 0 fully saturated rings. The maximum absolute atomic E-state index is 12.4. The van der Waals surface area contributed by atoms with Crippen molar-refractivity contribution in [2.75, 3.05) is 6.54 Å². The number of rotatable bonds is 5. The molecular formula is C15H18N4O2. The van der Waals surface area contributed by atoms with Crippen LogP contribution in [0.1, 0.15) is 28.5 Å². The fourth-order valence-corrected chi connectivity index (χ4v) is 2.07. The van der Waals surface area contributed by atoms with Crippen LogP contribution in [0.3, 0.4) is 0 Å². The summed E-state index contributed by atoms with van der Waals surface area (Å²) in [6.45, 7) is 3.33. The van der Waals surface area contributed by atoms with Crippen LogP contribution in [0.25, 0.3) is 0 Å². The van der Waals surface area contributed by atoms with Crippen LogP contribution in [-0.4, -0.2) is 27.5 Å². The first-order valence-corrected chi connectivity index (χ1v) is 6.77. The van der Waals surface area contributed by atoms with Gasteiger partial charge in [-0.05, 0) is 24.1 Å². The number of nitrogens with zero attached hydrogens (tertiary/aromatic N) is 2. The van der Waals surface area contributed by atoms with Crippen molar-refractivity contribution in [3.63, 3.8) is 0 Å². The molecule has 3 N–H and O–H groups in total. The third kappa shape index (κ3) is 3.55. The first-order chi connectivity index (χ1) is 10.2. The van der Waals surface area contributed by atoms with Crippen molar-refractivity contribution >= 4 is 5.91 Å². The summed E-state index contributed by atoms with van der Waals surface area (Å²) in [5.74, 6) is -0.222. The number of aromatic nitrogens is 2. The van der Waals surface area contributed by atoms with E-state index in [-0.39, 0.29) is 17.2 Å². The van der Waals surface area contributed by atoms with Gasteiger partial charge in [-0.15, -0.1) is 0 Å². The van der Waals surface area contributed by atoms with E-state index >= 15 is 0 Å². The molecule has 0 aliphatic rings. The van der Waals surface area contributed by atoms with Gasteiger partial charge in [-0.1, -0.05) is 24.3 Å². The first kappa shape index (κ1) is 14.9. The molecule has 2 aromatic rings. The van der Waals surface area contributed by atoms with Gasteiger partial charge < -0.3 is 10.6 Å². The number of hydrogen-bond donors (Lipinski definition) is 2. The van der Waals surface area contributed by atoms with E-state index in [1.165, 1.54) is 12.1 Å². The lowest BCUT2D eigenvalue weighted by atomic mass is 10.1. The molecule has 0 bridgehead atoms. The number of benzene rings is 1. The van der Waals surface area contributed by atoms with Gasteiger partial charge in [-0.2, -0.15) is 5.10 Å². The van der Waals surface area contributed by atoms with Gasteiger partial charge in [0.25, 0.3) is 11.5 Å². The second kappa shape index (κ2) is 6.81. The van der Waals surface area contributed by atoms with Gasteiger partial charge >= 0.3 is 0 Å². The largest absolute Gasteiger partial charge is 0.333 e. The van der Waals surface area contributed by atoms with Crippen LogP contribution in [0.15, 0.2) is 41.2 Å². The van der Waals surface area contributed by atoms with Gasteiger partial charge in [0.15, 0.2) is 0 Å². The van der Waals surface area contributed by atoms with Crippen LogP contribution >= 0.6 is 0 Å². The monoisotopic (exact) mass is 286 g/mol. The SMILES string of the molecule is CCN(Cc1ccccc1CN)C(=O)c1ccc(=O)[nH]n1. The smallest absolute Gasteiger partial charge is 0.274 e. The van der Waals surface area contributed by atoms with Gasteiger partial charge in [0.05, 0.1) is 0 Å². The molecule has 0 unspecified atom stereocenters. The molecule has 0 saturated heterocycles. The number of carbonyl (C=O) groups excluding carboxylic acids is 1. The molecule has 1 heterocycles. The minimum absolute atomic E-state index is 0.222. The Morgan fingerprint density at radius 3 is 2.52 bits per heavy atom. The number of aromatic amines is 1. The number of nitrogens with one attached hydrogen (secondary N) is 1. The number of nitrogens with two attached hydrogens (primary N) is 1. The van der Waals surface area contributed by atoms with Gasteiger partial charge in [0.2, 0.25) is 0 Å². The molecule has 6 nitrogen and oxygen atoms in total. The summed E-state index contributed by atoms with van der Waals surface area (Å²) in [5.41, 5.74) is 7.64. The van der Waals surface area contributed by atoms with E-state index in [4.69, 9.17) is 5.73 Å². The molecule has 0 radical (unpaired) electrons. The van der Waals surface area contributed by atoms with Crippen molar-refractivity contribution in [2.45, 2.75) is 20.0 Å². The van der Waals surface area contributed by atoms with Crippen LogP contribution in [0.4, 0.5) is 0 Å². The van der Waals surface area contributed by atoms with Crippen LogP contribution in [0, 0.1) is 0 Å². The summed E-state index contributed by atoms with van der Waals surface area (Å²) < 4.78 is 0. The van der Waals surface area contributed by atoms with Crippen LogP contribution in [-0.2, 0) is 13.1 Å². The highest BCUT2D eigenvalue weighted by Crippen LogP contribution is 2.12. The minimum Gasteiger partial charge on any atom is -0.333 e. The Morgan fingerprint density at radius 2 is 1.95 bits per heavy atom. The van der Waals surface area contributed by atoms with Crippen molar-refractivity contribution in [2.24, 2.45) is 5.73 Å². The van der Waals surface area contributed by atoms with Gasteiger partial charge in [0, 0.05) is 25.7 Å². The standard InChI is InChI=1S/C15H18N4O2/c1-2-19(10-12-6-4-3-5-11(12)9-16)15(21)13-7-8-14(20)18-17-13/h3-8H,2,9-10,16H2,1H3,(H,18,20). The molecular weight excluding hydrogens is 268 g/mol. The minimum atomic E-state index is -0.330. The number of carbonyl (C=O) groups is 1. The van der Waals surface area contributed by atoms with E-state index in [1.807, 2.05) is 31.2 Å². The predicted molar refractivity (Wildman–Crippen MR) is 79.6 cm³/mol. The second-order valence-corrected chi connectivity index (χ2v) is 4.60. The van der Waals surface area contributed by atoms with Crippen molar-refractivity contribution in [3.8, 4) is 0 Å². The molecule has 0 saturated carbocycles. The maximum Gasteiger partial charge on any atom is 0.274 e. The molecule has 0 spiro atoms. The van der Waals surface area contributed by atoms with E-state index < -0.39 is 0 Å². The highest BCUT2D eigenvalue weighted by Gasteiger charge is 2.17. The maximum atomic E-state index is 12.4. The van der Waals surface area contributed by atoms with Crippen molar-refractivity contribution in [1.29, 1.82) is 0 Å². The lowest BCUT2D eigenvalue weighted by Gasteiger charge is -2.21. The summed E-state index contributed by atoms with van der Waals surface area (Å²) in [7, 11) is 0. The molecule has 1 amide bonds. The van der Waals surface area contributed by atoms with Crippen molar-refractivity contribution < 1.29 is 4.79 Å². The van der Waals surface area contributed by atoms with E-state index in [2.05, 4.69) is 10.2 Å². The third-order valence-corrected chi connectivity index (χ3v) is 3.27. The molecule has 0 aliphatic heterocycles.